The lowest BCUT2D eigenvalue weighted by Gasteiger charge is -2.29. The van der Waals surface area contributed by atoms with Gasteiger partial charge in [0.1, 0.15) is 42.0 Å². The van der Waals surface area contributed by atoms with Gasteiger partial charge in [-0.1, -0.05) is 30.3 Å². The zero-order chi connectivity index (χ0) is 45.2. The lowest BCUT2D eigenvalue weighted by molar-refractivity contribution is -0.139. The molecule has 23 heteroatoms. The molecule has 0 saturated carbocycles. The SMILES string of the molecule is C[C@@H](O)[C@H](NC(=O)CNC(=O)[C@H](CCC(=O)O)NC(=O)C(C)(C)NC(=O)[C@@H](N)Cc1cnc[nH]1)C(=O)N[C@@H](Cc1ccccc1)C(=O)N[C@H](C(=O)N[C@H](C=O)CO)[C@@H](C)O. The zero-order valence-electron chi connectivity index (χ0n) is 33.5. The fourth-order valence-electron chi connectivity index (χ4n) is 5.35. The Kier molecular flexibility index (Phi) is 19.9. The van der Waals surface area contributed by atoms with E-state index in [-0.39, 0.29) is 19.1 Å². The maximum absolute atomic E-state index is 13.5. The number of aromatic nitrogens is 2. The van der Waals surface area contributed by atoms with Crippen LogP contribution in [0.2, 0.25) is 0 Å². The first kappa shape index (κ1) is 49.8. The molecule has 0 aliphatic rings. The van der Waals surface area contributed by atoms with Crippen molar-refractivity contribution < 1.29 is 63.6 Å². The molecule has 1 aromatic carbocycles. The minimum absolute atomic E-state index is 0.0677. The van der Waals surface area contributed by atoms with E-state index in [9.17, 15) is 63.6 Å². The molecule has 0 bridgehead atoms. The number of aromatic amines is 1. The van der Waals surface area contributed by atoms with Crippen molar-refractivity contribution in [1.29, 1.82) is 0 Å². The topological polar surface area (TPSA) is 373 Å². The Morgan fingerprint density at radius 1 is 0.817 bits per heavy atom. The molecular formula is C37H54N10O13. The molecule has 8 atom stereocenters. The summed E-state index contributed by atoms with van der Waals surface area (Å²) in [6.45, 7) is 3.37. The van der Waals surface area contributed by atoms with Crippen LogP contribution in [0.15, 0.2) is 42.9 Å². The first-order valence-electron chi connectivity index (χ1n) is 18.7. The molecular weight excluding hydrogens is 792 g/mol. The average molecular weight is 847 g/mol. The molecule has 23 nitrogen and oxygen atoms in total. The molecule has 0 aliphatic heterocycles. The van der Waals surface area contributed by atoms with Gasteiger partial charge < -0.3 is 73.2 Å². The van der Waals surface area contributed by atoms with Crippen LogP contribution in [0.3, 0.4) is 0 Å². The third-order valence-electron chi connectivity index (χ3n) is 8.77. The zero-order valence-corrected chi connectivity index (χ0v) is 33.5. The van der Waals surface area contributed by atoms with Crippen LogP contribution in [0.5, 0.6) is 0 Å². The minimum atomic E-state index is -1.74. The van der Waals surface area contributed by atoms with Crippen molar-refractivity contribution in [3.05, 3.63) is 54.1 Å². The van der Waals surface area contributed by atoms with Gasteiger partial charge in [-0.05, 0) is 39.7 Å². The molecule has 1 aromatic heterocycles. The number of aliphatic hydroxyl groups excluding tert-OH is 3. The van der Waals surface area contributed by atoms with E-state index in [1.807, 2.05) is 0 Å². The summed E-state index contributed by atoms with van der Waals surface area (Å²) in [6.07, 6.45) is -1.12. The summed E-state index contributed by atoms with van der Waals surface area (Å²) in [7, 11) is 0. The van der Waals surface area contributed by atoms with E-state index in [0.717, 1.165) is 6.92 Å². The molecule has 0 saturated heterocycles. The number of aliphatic carboxylic acids is 1. The number of aldehydes is 1. The van der Waals surface area contributed by atoms with Gasteiger partial charge in [-0.15, -0.1) is 0 Å². The van der Waals surface area contributed by atoms with Crippen LogP contribution in [0.4, 0.5) is 0 Å². The van der Waals surface area contributed by atoms with E-state index in [1.165, 1.54) is 33.3 Å². The number of nitrogens with two attached hydrogens (primary N) is 1. The Morgan fingerprint density at radius 3 is 1.98 bits per heavy atom. The monoisotopic (exact) mass is 846 g/mol. The van der Waals surface area contributed by atoms with Gasteiger partial charge in [-0.2, -0.15) is 0 Å². The van der Waals surface area contributed by atoms with Crippen molar-refractivity contribution in [1.82, 2.24) is 47.2 Å². The van der Waals surface area contributed by atoms with Crippen LogP contribution in [0.25, 0.3) is 0 Å². The van der Waals surface area contributed by atoms with E-state index in [1.54, 1.807) is 30.3 Å². The van der Waals surface area contributed by atoms with Gasteiger partial charge in [-0.3, -0.25) is 38.4 Å². The van der Waals surface area contributed by atoms with Gasteiger partial charge in [0, 0.05) is 31.2 Å². The van der Waals surface area contributed by atoms with Crippen molar-refractivity contribution in [2.45, 2.75) is 107 Å². The highest BCUT2D eigenvalue weighted by Gasteiger charge is 2.36. The number of carbonyl (C=O) groups is 9. The molecule has 60 heavy (non-hydrogen) atoms. The minimum Gasteiger partial charge on any atom is -0.481 e. The largest absolute Gasteiger partial charge is 0.481 e. The standard InChI is InChI=1S/C37H54N10O13/c1-19(50)29(35(59)43-26(12-21-8-6-5-7-9-21)33(57)46-30(20(2)51)34(58)42-23(16-48)17-49)45-27(52)15-40-32(56)25(10-11-28(53)54)44-36(60)37(3,4)47-31(55)24(38)13-22-14-39-18-41-22/h5-9,14,16,18-20,23-26,29-30,49-51H,10-13,15,17,38H2,1-4H3,(H,39,41)(H,40,56)(H,42,58)(H,43,59)(H,44,60)(H,45,52)(H,46,57)(H,47,55)(H,53,54)/t19-,20-,23-,24+,25+,26+,29+,30+/m1/s1. The van der Waals surface area contributed by atoms with E-state index < -0.39 is 127 Å². The Balaban J connectivity index is 2.16. The van der Waals surface area contributed by atoms with Crippen LogP contribution in [0.1, 0.15) is 51.8 Å². The number of hydrogen-bond donors (Lipinski definition) is 13. The molecule has 7 amide bonds. The van der Waals surface area contributed by atoms with Crippen molar-refractivity contribution in [3.63, 3.8) is 0 Å². The first-order chi connectivity index (χ1) is 28.2. The number of carboxylic acids is 1. The van der Waals surface area contributed by atoms with Gasteiger partial charge in [0.15, 0.2) is 0 Å². The molecule has 330 valence electrons. The third-order valence-corrected chi connectivity index (χ3v) is 8.77. The quantitative estimate of drug-likeness (QED) is 0.0416. The lowest BCUT2D eigenvalue weighted by atomic mass is 10.0. The molecule has 0 aliphatic carbocycles. The second-order valence-corrected chi connectivity index (χ2v) is 14.4. The normalized spacial score (nSPS) is 15.2. The summed E-state index contributed by atoms with van der Waals surface area (Å²) < 4.78 is 0. The van der Waals surface area contributed by atoms with Crippen molar-refractivity contribution in [2.24, 2.45) is 5.73 Å². The maximum Gasteiger partial charge on any atom is 0.303 e. The maximum atomic E-state index is 13.5. The number of nitrogens with zero attached hydrogens (tertiary/aromatic N) is 1. The van der Waals surface area contributed by atoms with Crippen LogP contribution in [-0.2, 0) is 56.0 Å². The van der Waals surface area contributed by atoms with Crippen molar-refractivity contribution >= 4 is 53.6 Å². The average Bonchev–Trinajstić information content (AvgIpc) is 3.70. The second-order valence-electron chi connectivity index (χ2n) is 14.4. The molecule has 0 spiro atoms. The van der Waals surface area contributed by atoms with Gasteiger partial charge in [0.25, 0.3) is 0 Å². The summed E-state index contributed by atoms with van der Waals surface area (Å²) in [5.41, 5.74) is 5.39. The van der Waals surface area contributed by atoms with Crippen LogP contribution in [0, 0.1) is 0 Å². The number of aliphatic hydroxyl groups is 3. The summed E-state index contributed by atoms with van der Waals surface area (Å²) in [6, 6.07) is -0.562. The van der Waals surface area contributed by atoms with Crippen molar-refractivity contribution in [3.8, 4) is 0 Å². The molecule has 0 unspecified atom stereocenters. The number of imidazole rings is 1. The molecule has 0 radical (unpaired) electrons. The van der Waals surface area contributed by atoms with E-state index in [4.69, 9.17) is 5.73 Å². The van der Waals surface area contributed by atoms with Gasteiger partial charge in [0.2, 0.25) is 41.4 Å². The number of H-pyrrole nitrogens is 1. The van der Waals surface area contributed by atoms with Gasteiger partial charge in [-0.25, -0.2) is 4.98 Å². The van der Waals surface area contributed by atoms with E-state index in [2.05, 4.69) is 47.2 Å². The molecule has 14 N–H and O–H groups in total. The molecule has 0 fully saturated rings. The van der Waals surface area contributed by atoms with Crippen LogP contribution < -0.4 is 43.0 Å². The summed E-state index contributed by atoms with van der Waals surface area (Å²) in [5, 5.41) is 55.4. The number of amides is 7. The van der Waals surface area contributed by atoms with E-state index in [0.29, 0.717) is 11.3 Å². The summed E-state index contributed by atoms with van der Waals surface area (Å²) in [4.78, 5) is 121. The smallest absolute Gasteiger partial charge is 0.303 e. The number of carbonyl (C=O) groups excluding carboxylic acids is 8. The third kappa shape index (κ3) is 16.5. The lowest BCUT2D eigenvalue weighted by Crippen LogP contribution is -2.62. The first-order valence-corrected chi connectivity index (χ1v) is 18.7. The second kappa shape index (κ2) is 23.9. The Morgan fingerprint density at radius 2 is 1.43 bits per heavy atom. The Bertz CT molecular complexity index is 1790. The summed E-state index contributed by atoms with van der Waals surface area (Å²) in [5.74, 6) is -8.04. The highest BCUT2D eigenvalue weighted by molar-refractivity contribution is 5.97. The fourth-order valence-corrected chi connectivity index (χ4v) is 5.35. The molecule has 1 heterocycles. The Hall–Kier alpha value is -6.30. The molecule has 2 rings (SSSR count). The highest BCUT2D eigenvalue weighted by atomic mass is 16.4. The van der Waals surface area contributed by atoms with Crippen LogP contribution in [-0.4, -0.2) is 151 Å². The number of hydrogen-bond acceptors (Lipinski definition) is 14. The van der Waals surface area contributed by atoms with Gasteiger partial charge >= 0.3 is 5.97 Å². The van der Waals surface area contributed by atoms with Crippen molar-refractivity contribution in [2.75, 3.05) is 13.2 Å². The number of carboxylic acid groups (broad SMARTS) is 1. The Labute approximate surface area is 344 Å². The van der Waals surface area contributed by atoms with Gasteiger partial charge in [0.05, 0.1) is 37.7 Å². The number of benzene rings is 1. The predicted molar refractivity (Wildman–Crippen MR) is 209 cm³/mol. The highest BCUT2D eigenvalue weighted by Crippen LogP contribution is 2.09. The van der Waals surface area contributed by atoms with E-state index >= 15 is 0 Å². The fraction of sp³-hybridized carbons (Fsp3) is 0.514. The number of rotatable bonds is 25. The predicted octanol–water partition coefficient (Wildman–Crippen LogP) is -5.23. The molecule has 2 aromatic rings. The number of nitrogens with one attached hydrogen (secondary N) is 8. The van der Waals surface area contributed by atoms with Crippen LogP contribution >= 0.6 is 0 Å². The summed E-state index contributed by atoms with van der Waals surface area (Å²) >= 11 is 0.